The van der Waals surface area contributed by atoms with Crippen molar-refractivity contribution in [2.45, 2.75) is 18.6 Å². The minimum absolute atomic E-state index is 0.00159. The van der Waals surface area contributed by atoms with E-state index in [1.54, 1.807) is 6.07 Å². The third-order valence-corrected chi connectivity index (χ3v) is 6.07. The lowest BCUT2D eigenvalue weighted by Crippen LogP contribution is -2.39. The quantitative estimate of drug-likeness (QED) is 0.769. The van der Waals surface area contributed by atoms with Crippen molar-refractivity contribution in [3.63, 3.8) is 0 Å². The molecule has 0 aliphatic carbocycles. The first-order chi connectivity index (χ1) is 12.5. The third kappa shape index (κ3) is 4.25. The summed E-state index contributed by atoms with van der Waals surface area (Å²) < 4.78 is 10.0. The Bertz CT molecular complexity index is 755. The van der Waals surface area contributed by atoms with Gasteiger partial charge >= 0.3 is 5.97 Å². The first kappa shape index (κ1) is 18.9. The van der Waals surface area contributed by atoms with E-state index < -0.39 is 11.2 Å². The number of amidine groups is 1. The summed E-state index contributed by atoms with van der Waals surface area (Å²) in [5, 5.41) is 3.26. The molecule has 2 aliphatic rings. The molecule has 1 N–H and O–H groups in total. The molecule has 0 aromatic carbocycles. The number of carbonyl (C=O) groups excluding carboxylic acids is 3. The zero-order valence-electron chi connectivity index (χ0n) is 14.4. The van der Waals surface area contributed by atoms with Gasteiger partial charge in [0.25, 0.3) is 5.91 Å². The summed E-state index contributed by atoms with van der Waals surface area (Å²) in [6.45, 7) is 4.43. The van der Waals surface area contributed by atoms with Crippen molar-refractivity contribution < 1.29 is 23.9 Å². The first-order valence-electron chi connectivity index (χ1n) is 8.08. The van der Waals surface area contributed by atoms with Crippen LogP contribution in [0, 0.1) is 6.92 Å². The molecule has 2 amide bonds. The van der Waals surface area contributed by atoms with Gasteiger partial charge in [-0.25, -0.2) is 4.79 Å². The second-order valence-corrected chi connectivity index (χ2v) is 8.21. The molecule has 1 saturated heterocycles. The van der Waals surface area contributed by atoms with Crippen LogP contribution in [0.4, 0.5) is 5.00 Å². The molecule has 3 heterocycles. The molecule has 0 spiro atoms. The maximum absolute atomic E-state index is 12.4. The van der Waals surface area contributed by atoms with Crippen molar-refractivity contribution in [3.05, 3.63) is 16.5 Å². The van der Waals surface area contributed by atoms with Gasteiger partial charge < -0.3 is 19.7 Å². The van der Waals surface area contributed by atoms with Crippen LogP contribution in [0.25, 0.3) is 0 Å². The van der Waals surface area contributed by atoms with Gasteiger partial charge in [0.05, 0.1) is 25.9 Å². The largest absolute Gasteiger partial charge is 0.465 e. The number of nitrogens with one attached hydrogen (secondary N) is 1. The van der Waals surface area contributed by atoms with Crippen molar-refractivity contribution in [2.24, 2.45) is 4.99 Å². The zero-order valence-corrected chi connectivity index (χ0v) is 16.1. The number of methoxy groups -OCH3 is 1. The fraction of sp³-hybridized carbons (Fsp3) is 0.500. The number of thiophene rings is 1. The smallest absolute Gasteiger partial charge is 0.340 e. The highest BCUT2D eigenvalue weighted by atomic mass is 32.2. The average molecular weight is 397 g/mol. The topological polar surface area (TPSA) is 97.3 Å². The number of ether oxygens (including phenoxy) is 2. The second kappa shape index (κ2) is 8.19. The Balaban J connectivity index is 1.59. The number of hydrogen-bond acceptors (Lipinski definition) is 8. The lowest BCUT2D eigenvalue weighted by Gasteiger charge is -2.27. The molecular formula is C16H19N3O5S2. The standard InChI is InChI=1S/C16H19N3O5S2/c1-9-7-10(15(22)23-2)14(25-9)17-12(20)8-11-13(21)18-16(26-11)19-3-5-24-6-4-19/h7,11H,3-6,8H2,1-2H3,(H,17,20)/t11-/m1/s1. The van der Waals surface area contributed by atoms with E-state index >= 15 is 0 Å². The normalized spacial score (nSPS) is 20.1. The van der Waals surface area contributed by atoms with Gasteiger partial charge in [0.15, 0.2) is 5.17 Å². The summed E-state index contributed by atoms with van der Waals surface area (Å²) >= 11 is 2.60. The number of thioether (sulfide) groups is 1. The van der Waals surface area contributed by atoms with E-state index in [-0.39, 0.29) is 18.2 Å². The number of aryl methyl sites for hydroxylation is 1. The van der Waals surface area contributed by atoms with Gasteiger partial charge in [-0.1, -0.05) is 11.8 Å². The van der Waals surface area contributed by atoms with Crippen molar-refractivity contribution in [3.8, 4) is 0 Å². The molecular weight excluding hydrogens is 378 g/mol. The predicted octanol–water partition coefficient (Wildman–Crippen LogP) is 1.50. The minimum Gasteiger partial charge on any atom is -0.465 e. The van der Waals surface area contributed by atoms with E-state index in [9.17, 15) is 14.4 Å². The summed E-state index contributed by atoms with van der Waals surface area (Å²) in [5.74, 6) is -1.14. The van der Waals surface area contributed by atoms with Gasteiger partial charge in [0.2, 0.25) is 5.91 Å². The monoisotopic (exact) mass is 397 g/mol. The van der Waals surface area contributed by atoms with Crippen molar-refractivity contribution in [1.82, 2.24) is 4.90 Å². The van der Waals surface area contributed by atoms with Crippen LogP contribution in [-0.4, -0.2) is 66.5 Å². The van der Waals surface area contributed by atoms with E-state index in [0.29, 0.717) is 42.0 Å². The second-order valence-electron chi connectivity index (χ2n) is 5.78. The fourth-order valence-corrected chi connectivity index (χ4v) is 4.65. The van der Waals surface area contributed by atoms with Gasteiger partial charge in [0.1, 0.15) is 10.3 Å². The Hall–Kier alpha value is -1.91. The van der Waals surface area contributed by atoms with Gasteiger partial charge in [-0.05, 0) is 13.0 Å². The summed E-state index contributed by atoms with van der Waals surface area (Å²) in [6, 6.07) is 1.67. The molecule has 10 heteroatoms. The van der Waals surface area contributed by atoms with Crippen LogP contribution in [0.5, 0.6) is 0 Å². The summed E-state index contributed by atoms with van der Waals surface area (Å²) in [4.78, 5) is 43.2. The third-order valence-electron chi connectivity index (χ3n) is 3.89. The molecule has 140 valence electrons. The lowest BCUT2D eigenvalue weighted by molar-refractivity contribution is -0.121. The van der Waals surface area contributed by atoms with E-state index in [2.05, 4.69) is 10.3 Å². The molecule has 0 unspecified atom stereocenters. The van der Waals surface area contributed by atoms with Crippen LogP contribution in [0.3, 0.4) is 0 Å². The predicted molar refractivity (Wildman–Crippen MR) is 99.9 cm³/mol. The van der Waals surface area contributed by atoms with Crippen molar-refractivity contribution in [1.29, 1.82) is 0 Å². The number of esters is 1. The maximum atomic E-state index is 12.4. The number of amides is 2. The highest BCUT2D eigenvalue weighted by molar-refractivity contribution is 8.15. The number of anilines is 1. The highest BCUT2D eigenvalue weighted by Gasteiger charge is 2.33. The van der Waals surface area contributed by atoms with Gasteiger partial charge in [-0.15, -0.1) is 11.3 Å². The van der Waals surface area contributed by atoms with Crippen molar-refractivity contribution >= 4 is 51.1 Å². The van der Waals surface area contributed by atoms with Gasteiger partial charge in [-0.2, -0.15) is 4.99 Å². The maximum Gasteiger partial charge on any atom is 0.340 e. The lowest BCUT2D eigenvalue weighted by atomic mass is 10.2. The Morgan fingerprint density at radius 1 is 1.42 bits per heavy atom. The van der Waals surface area contributed by atoms with Crippen LogP contribution in [0.1, 0.15) is 21.7 Å². The Morgan fingerprint density at radius 3 is 2.85 bits per heavy atom. The minimum atomic E-state index is -0.546. The van der Waals surface area contributed by atoms with Crippen LogP contribution >= 0.6 is 23.1 Å². The van der Waals surface area contributed by atoms with Gasteiger partial charge in [0, 0.05) is 24.4 Å². The molecule has 1 atom stereocenters. The number of morpholine rings is 1. The van der Waals surface area contributed by atoms with Crippen LogP contribution < -0.4 is 5.32 Å². The summed E-state index contributed by atoms with van der Waals surface area (Å²) in [5.41, 5.74) is 0.319. The number of nitrogens with zero attached hydrogens (tertiary/aromatic N) is 2. The van der Waals surface area contributed by atoms with E-state index in [4.69, 9.17) is 9.47 Å². The molecule has 1 aromatic heterocycles. The molecule has 8 nitrogen and oxygen atoms in total. The van der Waals surface area contributed by atoms with E-state index in [1.165, 1.54) is 30.2 Å². The number of hydrogen-bond donors (Lipinski definition) is 1. The molecule has 0 radical (unpaired) electrons. The molecule has 26 heavy (non-hydrogen) atoms. The summed E-state index contributed by atoms with van der Waals surface area (Å²) in [6.07, 6.45) is -0.00159. The summed E-state index contributed by atoms with van der Waals surface area (Å²) in [7, 11) is 1.29. The highest BCUT2D eigenvalue weighted by Crippen LogP contribution is 2.31. The molecule has 0 saturated carbocycles. The number of aliphatic imine (C=N–C) groups is 1. The van der Waals surface area contributed by atoms with Crippen LogP contribution in [0.15, 0.2) is 11.1 Å². The number of carbonyl (C=O) groups is 3. The Labute approximate surface area is 158 Å². The van der Waals surface area contributed by atoms with E-state index in [0.717, 1.165) is 4.88 Å². The Morgan fingerprint density at radius 2 is 2.15 bits per heavy atom. The van der Waals surface area contributed by atoms with Crippen LogP contribution in [0.2, 0.25) is 0 Å². The average Bonchev–Trinajstić information content (AvgIpc) is 3.17. The molecule has 0 bridgehead atoms. The van der Waals surface area contributed by atoms with Gasteiger partial charge in [-0.3, -0.25) is 9.59 Å². The first-order valence-corrected chi connectivity index (χ1v) is 9.78. The van der Waals surface area contributed by atoms with Crippen molar-refractivity contribution in [2.75, 3.05) is 38.7 Å². The molecule has 1 aromatic rings. The Kier molecular flexibility index (Phi) is 5.94. The van der Waals surface area contributed by atoms with E-state index in [1.807, 2.05) is 11.8 Å². The zero-order chi connectivity index (χ0) is 18.7. The molecule has 3 rings (SSSR count). The SMILES string of the molecule is COC(=O)c1cc(C)sc1NC(=O)C[C@H]1SC(N2CCOCC2)=NC1=O. The molecule has 1 fully saturated rings. The number of rotatable bonds is 4. The fourth-order valence-electron chi connectivity index (χ4n) is 2.61. The van der Waals surface area contributed by atoms with Crippen LogP contribution in [-0.2, 0) is 19.1 Å². The molecule has 2 aliphatic heterocycles.